The smallest absolute Gasteiger partial charge is 0.232 e. The van der Waals surface area contributed by atoms with Crippen molar-refractivity contribution >= 4 is 0 Å². The molecular weight excluding hydrogens is 244 g/mol. The van der Waals surface area contributed by atoms with Gasteiger partial charge in [-0.25, -0.2) is 0 Å². The minimum absolute atomic E-state index is 0.200. The Labute approximate surface area is 112 Å². The number of hydrogen-bond acceptors (Lipinski definition) is 5. The second kappa shape index (κ2) is 5.95. The summed E-state index contributed by atoms with van der Waals surface area (Å²) in [4.78, 5) is 4.32. The third kappa shape index (κ3) is 3.00. The number of aliphatic hydroxyl groups excluding tert-OH is 1. The van der Waals surface area contributed by atoms with Crippen molar-refractivity contribution < 1.29 is 14.4 Å². The predicted molar refractivity (Wildman–Crippen MR) is 69.7 cm³/mol. The van der Waals surface area contributed by atoms with Crippen LogP contribution >= 0.6 is 0 Å². The molecule has 0 saturated heterocycles. The second-order valence-corrected chi connectivity index (χ2v) is 4.55. The number of benzene rings is 1. The van der Waals surface area contributed by atoms with E-state index >= 15 is 0 Å². The lowest BCUT2D eigenvalue weighted by atomic mass is 10.1. The molecule has 0 amide bonds. The molecule has 0 fully saturated rings. The van der Waals surface area contributed by atoms with Crippen molar-refractivity contribution in [1.29, 1.82) is 0 Å². The lowest BCUT2D eigenvalue weighted by Gasteiger charge is -2.11. The first-order valence-corrected chi connectivity index (χ1v) is 6.22. The third-order valence-electron chi connectivity index (χ3n) is 3.14. The SMILES string of the molecule is COC(c1ccccc1)c1noc(C(C)C(C)O)n1. The van der Waals surface area contributed by atoms with Crippen LogP contribution in [0.2, 0.25) is 0 Å². The molecule has 2 rings (SSSR count). The highest BCUT2D eigenvalue weighted by Gasteiger charge is 2.23. The van der Waals surface area contributed by atoms with Gasteiger partial charge >= 0.3 is 0 Å². The van der Waals surface area contributed by atoms with Gasteiger partial charge in [0.15, 0.2) is 0 Å². The van der Waals surface area contributed by atoms with Gasteiger partial charge in [0, 0.05) is 7.11 Å². The van der Waals surface area contributed by atoms with Gasteiger partial charge in [-0.1, -0.05) is 42.4 Å². The summed E-state index contributed by atoms with van der Waals surface area (Å²) in [7, 11) is 1.60. The number of hydrogen-bond donors (Lipinski definition) is 1. The summed E-state index contributed by atoms with van der Waals surface area (Å²) in [6, 6.07) is 9.69. The molecule has 102 valence electrons. The molecule has 0 saturated carbocycles. The monoisotopic (exact) mass is 262 g/mol. The van der Waals surface area contributed by atoms with E-state index in [9.17, 15) is 5.11 Å². The normalized spacial score (nSPS) is 16.0. The van der Waals surface area contributed by atoms with Gasteiger partial charge in [-0.2, -0.15) is 4.98 Å². The Kier molecular flexibility index (Phi) is 4.29. The van der Waals surface area contributed by atoms with E-state index in [0.29, 0.717) is 11.7 Å². The molecule has 0 aliphatic carbocycles. The molecule has 0 aliphatic rings. The Hall–Kier alpha value is -1.72. The Morgan fingerprint density at radius 2 is 1.89 bits per heavy atom. The van der Waals surface area contributed by atoms with Crippen molar-refractivity contribution in [2.75, 3.05) is 7.11 Å². The van der Waals surface area contributed by atoms with Crippen molar-refractivity contribution in [2.45, 2.75) is 32.0 Å². The summed E-state index contributed by atoms with van der Waals surface area (Å²) in [5, 5.41) is 13.5. The summed E-state index contributed by atoms with van der Waals surface area (Å²) in [6.45, 7) is 3.53. The summed E-state index contributed by atoms with van der Waals surface area (Å²) in [5.41, 5.74) is 0.960. The molecule has 5 nitrogen and oxygen atoms in total. The highest BCUT2D eigenvalue weighted by Crippen LogP contribution is 2.25. The molecule has 19 heavy (non-hydrogen) atoms. The lowest BCUT2D eigenvalue weighted by molar-refractivity contribution is 0.126. The molecule has 5 heteroatoms. The lowest BCUT2D eigenvalue weighted by Crippen LogP contribution is -2.12. The van der Waals surface area contributed by atoms with Crippen LogP contribution in [0.5, 0.6) is 0 Å². The molecule has 1 heterocycles. The molecule has 0 spiro atoms. The van der Waals surface area contributed by atoms with Crippen LogP contribution in [-0.4, -0.2) is 28.5 Å². The minimum atomic E-state index is -0.536. The van der Waals surface area contributed by atoms with Crippen molar-refractivity contribution in [3.8, 4) is 0 Å². The van der Waals surface area contributed by atoms with Gasteiger partial charge in [-0.05, 0) is 12.5 Å². The fourth-order valence-electron chi connectivity index (χ4n) is 1.76. The van der Waals surface area contributed by atoms with Gasteiger partial charge in [-0.15, -0.1) is 0 Å². The van der Waals surface area contributed by atoms with Gasteiger partial charge in [0.2, 0.25) is 11.7 Å². The molecule has 3 atom stereocenters. The summed E-state index contributed by atoms with van der Waals surface area (Å²) < 4.78 is 10.6. The van der Waals surface area contributed by atoms with E-state index < -0.39 is 6.10 Å². The molecule has 0 radical (unpaired) electrons. The van der Waals surface area contributed by atoms with Gasteiger partial charge in [0.1, 0.15) is 6.10 Å². The van der Waals surface area contributed by atoms with E-state index in [1.54, 1.807) is 14.0 Å². The van der Waals surface area contributed by atoms with E-state index in [1.165, 1.54) is 0 Å². The first-order valence-electron chi connectivity index (χ1n) is 6.22. The van der Waals surface area contributed by atoms with Crippen LogP contribution in [-0.2, 0) is 4.74 Å². The summed E-state index contributed by atoms with van der Waals surface area (Å²) in [5.74, 6) is 0.689. The van der Waals surface area contributed by atoms with Crippen molar-refractivity contribution in [2.24, 2.45) is 0 Å². The zero-order valence-electron chi connectivity index (χ0n) is 11.3. The number of aromatic nitrogens is 2. The standard InChI is InChI=1S/C14H18N2O3/c1-9(10(2)17)14-15-13(16-19-14)12(18-3)11-7-5-4-6-8-11/h4-10,12,17H,1-3H3. The number of ether oxygens (including phenoxy) is 1. The Bertz CT molecular complexity index is 510. The molecular formula is C14H18N2O3. The summed E-state index contributed by atoms with van der Waals surface area (Å²) in [6.07, 6.45) is -0.897. The zero-order valence-corrected chi connectivity index (χ0v) is 11.3. The minimum Gasteiger partial charge on any atom is -0.393 e. The number of methoxy groups -OCH3 is 1. The van der Waals surface area contributed by atoms with E-state index in [2.05, 4.69) is 10.1 Å². The largest absolute Gasteiger partial charge is 0.393 e. The average molecular weight is 262 g/mol. The number of nitrogens with zero attached hydrogens (tertiary/aromatic N) is 2. The molecule has 0 aliphatic heterocycles. The molecule has 3 unspecified atom stereocenters. The van der Waals surface area contributed by atoms with Crippen molar-refractivity contribution in [1.82, 2.24) is 10.1 Å². The zero-order chi connectivity index (χ0) is 13.8. The van der Waals surface area contributed by atoms with E-state index in [-0.39, 0.29) is 12.0 Å². The van der Waals surface area contributed by atoms with Crippen LogP contribution in [0, 0.1) is 0 Å². The Morgan fingerprint density at radius 1 is 1.21 bits per heavy atom. The maximum absolute atomic E-state index is 9.54. The van der Waals surface area contributed by atoms with Crippen LogP contribution < -0.4 is 0 Å². The maximum Gasteiger partial charge on any atom is 0.232 e. The average Bonchev–Trinajstić information content (AvgIpc) is 2.89. The van der Waals surface area contributed by atoms with Gasteiger partial charge in [-0.3, -0.25) is 0 Å². The molecule has 1 aromatic carbocycles. The molecule has 1 N–H and O–H groups in total. The Morgan fingerprint density at radius 3 is 2.47 bits per heavy atom. The van der Waals surface area contributed by atoms with E-state index in [0.717, 1.165) is 5.56 Å². The van der Waals surface area contributed by atoms with Gasteiger partial charge in [0.25, 0.3) is 0 Å². The number of aliphatic hydroxyl groups is 1. The van der Waals surface area contributed by atoms with E-state index in [1.807, 2.05) is 37.3 Å². The van der Waals surface area contributed by atoms with Gasteiger partial charge in [0.05, 0.1) is 12.0 Å². The fourth-order valence-corrected chi connectivity index (χ4v) is 1.76. The van der Waals surface area contributed by atoms with Gasteiger partial charge < -0.3 is 14.4 Å². The third-order valence-corrected chi connectivity index (χ3v) is 3.14. The molecule has 2 aromatic rings. The van der Waals surface area contributed by atoms with Crippen LogP contribution in [0.3, 0.4) is 0 Å². The first-order chi connectivity index (χ1) is 9.13. The molecule has 0 bridgehead atoms. The first kappa shape index (κ1) is 13.7. The summed E-state index contributed by atoms with van der Waals surface area (Å²) >= 11 is 0. The quantitative estimate of drug-likeness (QED) is 0.895. The maximum atomic E-state index is 9.54. The van der Waals surface area contributed by atoms with Crippen LogP contribution in [0.1, 0.15) is 43.1 Å². The fraction of sp³-hybridized carbons (Fsp3) is 0.429. The topological polar surface area (TPSA) is 68.4 Å². The second-order valence-electron chi connectivity index (χ2n) is 4.55. The number of rotatable bonds is 5. The Balaban J connectivity index is 2.26. The predicted octanol–water partition coefficient (Wildman–Crippen LogP) is 2.29. The highest BCUT2D eigenvalue weighted by atomic mass is 16.5. The van der Waals surface area contributed by atoms with Crippen molar-refractivity contribution in [3.05, 3.63) is 47.6 Å². The van der Waals surface area contributed by atoms with Crippen LogP contribution in [0.4, 0.5) is 0 Å². The highest BCUT2D eigenvalue weighted by molar-refractivity contribution is 5.22. The van der Waals surface area contributed by atoms with Crippen LogP contribution in [0.15, 0.2) is 34.9 Å². The molecule has 1 aromatic heterocycles. The van der Waals surface area contributed by atoms with Crippen molar-refractivity contribution in [3.63, 3.8) is 0 Å². The van der Waals surface area contributed by atoms with Crippen LogP contribution in [0.25, 0.3) is 0 Å². The van der Waals surface area contributed by atoms with E-state index in [4.69, 9.17) is 9.26 Å².